The number of carboxylic acid groups (broad SMARTS) is 1. The molecule has 0 aliphatic heterocycles. The van der Waals surface area contributed by atoms with Crippen LogP contribution in [0.3, 0.4) is 0 Å². The lowest BCUT2D eigenvalue weighted by atomic mass is 9.93. The van der Waals surface area contributed by atoms with Crippen molar-refractivity contribution in [3.63, 3.8) is 0 Å². The number of aliphatic hydroxyl groups excluding tert-OH is 1. The summed E-state index contributed by atoms with van der Waals surface area (Å²) in [5, 5.41) is 22.8. The van der Waals surface area contributed by atoms with E-state index in [4.69, 9.17) is 5.11 Å². The summed E-state index contributed by atoms with van der Waals surface area (Å²) in [6.45, 7) is 9.79. The van der Waals surface area contributed by atoms with Crippen molar-refractivity contribution in [2.24, 2.45) is 0 Å². The zero-order chi connectivity index (χ0) is 15.5. The predicted molar refractivity (Wildman–Crippen MR) is 79.8 cm³/mol. The standard InChI is InChI=1S/C16H25NO3/c1-10-6-7-12(11(2)8-10)15(20)13(9-14(18)19)17-16(3,4)5/h6-8,13,15,17,20H,9H2,1-5H3,(H,18,19). The van der Waals surface area contributed by atoms with E-state index in [1.807, 2.05) is 52.8 Å². The van der Waals surface area contributed by atoms with E-state index in [9.17, 15) is 9.90 Å². The Kier molecular flexibility index (Phi) is 5.31. The first-order chi connectivity index (χ1) is 9.10. The van der Waals surface area contributed by atoms with E-state index in [1.165, 1.54) is 0 Å². The first-order valence-corrected chi connectivity index (χ1v) is 6.85. The molecule has 1 aromatic rings. The number of benzene rings is 1. The summed E-state index contributed by atoms with van der Waals surface area (Å²) in [4.78, 5) is 11.0. The van der Waals surface area contributed by atoms with Crippen molar-refractivity contribution in [3.05, 3.63) is 34.9 Å². The van der Waals surface area contributed by atoms with Crippen LogP contribution < -0.4 is 5.32 Å². The molecule has 2 atom stereocenters. The molecule has 0 bridgehead atoms. The minimum Gasteiger partial charge on any atom is -0.481 e. The topological polar surface area (TPSA) is 69.6 Å². The lowest BCUT2D eigenvalue weighted by molar-refractivity contribution is -0.138. The summed E-state index contributed by atoms with van der Waals surface area (Å²) < 4.78 is 0. The minimum absolute atomic E-state index is 0.119. The highest BCUT2D eigenvalue weighted by atomic mass is 16.4. The lowest BCUT2D eigenvalue weighted by Gasteiger charge is -2.31. The predicted octanol–water partition coefficient (Wildman–Crippen LogP) is 2.57. The number of aliphatic hydroxyl groups is 1. The van der Waals surface area contributed by atoms with Crippen molar-refractivity contribution in [2.45, 2.75) is 58.7 Å². The van der Waals surface area contributed by atoms with Crippen molar-refractivity contribution in [2.75, 3.05) is 0 Å². The number of carbonyl (C=O) groups is 1. The maximum Gasteiger partial charge on any atom is 0.305 e. The molecule has 1 rings (SSSR count). The Balaban J connectivity index is 3.02. The van der Waals surface area contributed by atoms with E-state index in [2.05, 4.69) is 5.32 Å². The third kappa shape index (κ3) is 4.94. The third-order valence-electron chi connectivity index (χ3n) is 3.14. The Labute approximate surface area is 120 Å². The fourth-order valence-electron chi connectivity index (χ4n) is 2.36. The normalized spacial score (nSPS) is 14.9. The molecule has 2 unspecified atom stereocenters. The molecular weight excluding hydrogens is 254 g/mol. The van der Waals surface area contributed by atoms with Gasteiger partial charge in [0.15, 0.2) is 0 Å². The van der Waals surface area contributed by atoms with Gasteiger partial charge in [0.1, 0.15) is 0 Å². The summed E-state index contributed by atoms with van der Waals surface area (Å²) in [5.41, 5.74) is 2.61. The van der Waals surface area contributed by atoms with Gasteiger partial charge in [0.05, 0.1) is 12.5 Å². The fraction of sp³-hybridized carbons (Fsp3) is 0.562. The number of carboxylic acids is 1. The molecule has 112 valence electrons. The number of aryl methyl sites for hydroxylation is 2. The molecule has 4 nitrogen and oxygen atoms in total. The Morgan fingerprint density at radius 3 is 2.35 bits per heavy atom. The van der Waals surface area contributed by atoms with Crippen LogP contribution in [0.25, 0.3) is 0 Å². The van der Waals surface area contributed by atoms with Crippen molar-refractivity contribution >= 4 is 5.97 Å². The largest absolute Gasteiger partial charge is 0.481 e. The van der Waals surface area contributed by atoms with E-state index in [-0.39, 0.29) is 12.0 Å². The smallest absolute Gasteiger partial charge is 0.305 e. The Morgan fingerprint density at radius 1 is 1.30 bits per heavy atom. The van der Waals surface area contributed by atoms with Gasteiger partial charge in [-0.15, -0.1) is 0 Å². The number of rotatable bonds is 5. The van der Waals surface area contributed by atoms with Crippen LogP contribution in [0.2, 0.25) is 0 Å². The molecular formula is C16H25NO3. The molecule has 1 aromatic carbocycles. The molecule has 3 N–H and O–H groups in total. The van der Waals surface area contributed by atoms with Gasteiger partial charge in [-0.05, 0) is 45.7 Å². The maximum absolute atomic E-state index is 11.0. The molecule has 0 saturated carbocycles. The highest BCUT2D eigenvalue weighted by Crippen LogP contribution is 2.24. The van der Waals surface area contributed by atoms with Crippen molar-refractivity contribution in [1.82, 2.24) is 5.32 Å². The van der Waals surface area contributed by atoms with Crippen LogP contribution in [-0.4, -0.2) is 27.8 Å². The van der Waals surface area contributed by atoms with Gasteiger partial charge >= 0.3 is 5.97 Å². The zero-order valence-electron chi connectivity index (χ0n) is 12.9. The zero-order valence-corrected chi connectivity index (χ0v) is 12.9. The number of aliphatic carboxylic acids is 1. The van der Waals surface area contributed by atoms with Gasteiger partial charge in [-0.1, -0.05) is 23.8 Å². The molecule has 0 fully saturated rings. The van der Waals surface area contributed by atoms with Crippen LogP contribution >= 0.6 is 0 Å². The summed E-state index contributed by atoms with van der Waals surface area (Å²) in [7, 11) is 0. The van der Waals surface area contributed by atoms with Crippen molar-refractivity contribution in [3.8, 4) is 0 Å². The molecule has 0 spiro atoms. The molecule has 0 aliphatic carbocycles. The monoisotopic (exact) mass is 279 g/mol. The van der Waals surface area contributed by atoms with Gasteiger partial charge in [-0.3, -0.25) is 4.79 Å². The van der Waals surface area contributed by atoms with Gasteiger partial charge in [-0.25, -0.2) is 0 Å². The third-order valence-corrected chi connectivity index (χ3v) is 3.14. The Bertz CT molecular complexity index is 477. The van der Waals surface area contributed by atoms with Crippen LogP contribution in [-0.2, 0) is 4.79 Å². The van der Waals surface area contributed by atoms with Crippen molar-refractivity contribution < 1.29 is 15.0 Å². The van der Waals surface area contributed by atoms with E-state index in [1.54, 1.807) is 0 Å². The van der Waals surface area contributed by atoms with Crippen LogP contribution in [0, 0.1) is 13.8 Å². The average molecular weight is 279 g/mol. The number of hydrogen-bond acceptors (Lipinski definition) is 3. The molecule has 0 radical (unpaired) electrons. The van der Waals surface area contributed by atoms with Crippen LogP contribution in [0.15, 0.2) is 18.2 Å². The van der Waals surface area contributed by atoms with Gasteiger partial charge in [0, 0.05) is 11.6 Å². The molecule has 0 aliphatic rings. The maximum atomic E-state index is 11.0. The quantitative estimate of drug-likeness (QED) is 0.775. The highest BCUT2D eigenvalue weighted by molar-refractivity contribution is 5.67. The highest BCUT2D eigenvalue weighted by Gasteiger charge is 2.28. The molecule has 0 amide bonds. The lowest BCUT2D eigenvalue weighted by Crippen LogP contribution is -2.47. The average Bonchev–Trinajstić information content (AvgIpc) is 2.24. The summed E-state index contributed by atoms with van der Waals surface area (Å²) in [6, 6.07) is 5.27. The summed E-state index contributed by atoms with van der Waals surface area (Å²) in [5.74, 6) is -0.921. The van der Waals surface area contributed by atoms with Gasteiger partial charge in [0.2, 0.25) is 0 Å². The summed E-state index contributed by atoms with van der Waals surface area (Å²) >= 11 is 0. The molecule has 0 aromatic heterocycles. The number of nitrogens with one attached hydrogen (secondary N) is 1. The SMILES string of the molecule is Cc1ccc(C(O)C(CC(=O)O)NC(C)(C)C)c(C)c1. The van der Waals surface area contributed by atoms with Gasteiger partial charge in [-0.2, -0.15) is 0 Å². The van der Waals surface area contributed by atoms with Crippen LogP contribution in [0.4, 0.5) is 0 Å². The first-order valence-electron chi connectivity index (χ1n) is 6.85. The molecule has 0 saturated heterocycles. The van der Waals surface area contributed by atoms with E-state index in [0.29, 0.717) is 0 Å². The number of hydrogen-bond donors (Lipinski definition) is 3. The minimum atomic E-state index is -0.921. The molecule has 0 heterocycles. The van der Waals surface area contributed by atoms with E-state index >= 15 is 0 Å². The Hall–Kier alpha value is -1.39. The molecule has 4 heteroatoms. The van der Waals surface area contributed by atoms with Crippen molar-refractivity contribution in [1.29, 1.82) is 0 Å². The van der Waals surface area contributed by atoms with E-state index < -0.39 is 18.1 Å². The van der Waals surface area contributed by atoms with Gasteiger partial charge in [0.25, 0.3) is 0 Å². The second-order valence-corrected chi connectivity index (χ2v) is 6.40. The van der Waals surface area contributed by atoms with E-state index in [0.717, 1.165) is 16.7 Å². The first kappa shape index (κ1) is 16.7. The Morgan fingerprint density at radius 2 is 1.90 bits per heavy atom. The van der Waals surface area contributed by atoms with Gasteiger partial charge < -0.3 is 15.5 Å². The van der Waals surface area contributed by atoms with Crippen LogP contribution in [0.5, 0.6) is 0 Å². The second-order valence-electron chi connectivity index (χ2n) is 6.40. The second kappa shape index (κ2) is 6.37. The van der Waals surface area contributed by atoms with Crippen LogP contribution in [0.1, 0.15) is 50.0 Å². The fourth-order valence-corrected chi connectivity index (χ4v) is 2.36. The molecule has 20 heavy (non-hydrogen) atoms. The summed E-state index contributed by atoms with van der Waals surface area (Å²) in [6.07, 6.45) is -0.961.